The fourth-order valence-corrected chi connectivity index (χ4v) is 3.25. The first-order chi connectivity index (χ1) is 11.7. The number of likely N-dealkylation sites (tertiary alicyclic amines) is 1. The smallest absolute Gasteiger partial charge is 0.336 e. The average molecular weight is 323 g/mol. The highest BCUT2D eigenvalue weighted by atomic mass is 16.4. The summed E-state index contributed by atoms with van der Waals surface area (Å²) < 4.78 is 0. The molecule has 0 bridgehead atoms. The van der Waals surface area contributed by atoms with E-state index in [-0.39, 0.29) is 11.5 Å². The molecule has 0 spiro atoms. The predicted molar refractivity (Wildman–Crippen MR) is 93.2 cm³/mol. The largest absolute Gasteiger partial charge is 0.478 e. The van der Waals surface area contributed by atoms with Crippen LogP contribution in [-0.2, 0) is 0 Å². The Morgan fingerprint density at radius 1 is 0.750 bits per heavy atom. The summed E-state index contributed by atoms with van der Waals surface area (Å²) in [4.78, 5) is 26.4. The van der Waals surface area contributed by atoms with E-state index in [9.17, 15) is 14.7 Å². The van der Waals surface area contributed by atoms with Crippen LogP contribution in [0.5, 0.6) is 0 Å². The second kappa shape index (κ2) is 7.30. The molecule has 1 aliphatic heterocycles. The van der Waals surface area contributed by atoms with Gasteiger partial charge in [-0.1, -0.05) is 49.2 Å². The standard InChI is InChI=1S/C20H21NO3/c22-19(21-13-7-1-2-8-14-21)17-11-5-3-9-15(17)16-10-4-6-12-18(16)20(23)24/h3-6,9-12H,1-2,7-8,13-14H2,(H,23,24). The number of hydrogen-bond acceptors (Lipinski definition) is 2. The van der Waals surface area contributed by atoms with Crippen LogP contribution in [0.15, 0.2) is 48.5 Å². The normalized spacial score (nSPS) is 14.9. The van der Waals surface area contributed by atoms with Crippen molar-refractivity contribution in [3.63, 3.8) is 0 Å². The number of benzene rings is 2. The fourth-order valence-electron chi connectivity index (χ4n) is 3.25. The Labute approximate surface area is 141 Å². The number of carbonyl (C=O) groups is 2. The van der Waals surface area contributed by atoms with Crippen LogP contribution < -0.4 is 0 Å². The Morgan fingerprint density at radius 3 is 1.83 bits per heavy atom. The summed E-state index contributed by atoms with van der Waals surface area (Å²) in [5, 5.41) is 9.45. The van der Waals surface area contributed by atoms with Gasteiger partial charge >= 0.3 is 5.97 Å². The molecule has 1 saturated heterocycles. The molecular formula is C20H21NO3. The lowest BCUT2D eigenvalue weighted by Gasteiger charge is -2.22. The highest BCUT2D eigenvalue weighted by Gasteiger charge is 2.22. The molecule has 1 fully saturated rings. The van der Waals surface area contributed by atoms with Crippen molar-refractivity contribution < 1.29 is 14.7 Å². The summed E-state index contributed by atoms with van der Waals surface area (Å²) in [6.07, 6.45) is 4.37. The van der Waals surface area contributed by atoms with Gasteiger partial charge in [-0.15, -0.1) is 0 Å². The quantitative estimate of drug-likeness (QED) is 0.926. The van der Waals surface area contributed by atoms with E-state index in [0.29, 0.717) is 16.7 Å². The number of carbonyl (C=O) groups excluding carboxylic acids is 1. The van der Waals surface area contributed by atoms with E-state index in [2.05, 4.69) is 0 Å². The molecule has 2 aromatic rings. The Kier molecular flexibility index (Phi) is 4.94. The minimum absolute atomic E-state index is 0.00677. The van der Waals surface area contributed by atoms with Crippen LogP contribution in [0.25, 0.3) is 11.1 Å². The summed E-state index contributed by atoms with van der Waals surface area (Å²) in [7, 11) is 0. The van der Waals surface area contributed by atoms with E-state index in [4.69, 9.17) is 0 Å². The molecule has 0 atom stereocenters. The highest BCUT2D eigenvalue weighted by Crippen LogP contribution is 2.28. The van der Waals surface area contributed by atoms with Gasteiger partial charge in [0.15, 0.2) is 0 Å². The van der Waals surface area contributed by atoms with Crippen LogP contribution in [0.3, 0.4) is 0 Å². The highest BCUT2D eigenvalue weighted by molar-refractivity contribution is 6.04. The number of nitrogens with zero attached hydrogens (tertiary/aromatic N) is 1. The number of hydrogen-bond donors (Lipinski definition) is 1. The molecule has 0 aliphatic carbocycles. The zero-order valence-electron chi connectivity index (χ0n) is 13.6. The molecule has 24 heavy (non-hydrogen) atoms. The number of aromatic carboxylic acids is 1. The first-order valence-electron chi connectivity index (χ1n) is 8.39. The van der Waals surface area contributed by atoms with Crippen LogP contribution in [0.2, 0.25) is 0 Å². The SMILES string of the molecule is O=C(O)c1ccccc1-c1ccccc1C(=O)N1CCCCCC1. The van der Waals surface area contributed by atoms with Crippen molar-refractivity contribution in [2.75, 3.05) is 13.1 Å². The molecule has 0 radical (unpaired) electrons. The fraction of sp³-hybridized carbons (Fsp3) is 0.300. The zero-order valence-corrected chi connectivity index (χ0v) is 13.6. The van der Waals surface area contributed by atoms with Gasteiger partial charge in [0, 0.05) is 18.7 Å². The Bertz CT molecular complexity index is 746. The summed E-state index contributed by atoms with van der Waals surface area (Å²) in [6, 6.07) is 14.1. The summed E-state index contributed by atoms with van der Waals surface area (Å²) >= 11 is 0. The first kappa shape index (κ1) is 16.2. The molecule has 3 rings (SSSR count). The van der Waals surface area contributed by atoms with Crippen molar-refractivity contribution in [3.05, 3.63) is 59.7 Å². The maximum atomic E-state index is 13.0. The Hall–Kier alpha value is -2.62. The third-order valence-electron chi connectivity index (χ3n) is 4.50. The number of carboxylic acids is 1. The van der Waals surface area contributed by atoms with Crippen LogP contribution in [-0.4, -0.2) is 35.0 Å². The predicted octanol–water partition coefficient (Wildman–Crippen LogP) is 4.07. The van der Waals surface area contributed by atoms with E-state index in [1.807, 2.05) is 23.1 Å². The lowest BCUT2D eigenvalue weighted by molar-refractivity contribution is 0.0696. The van der Waals surface area contributed by atoms with Crippen molar-refractivity contribution in [1.29, 1.82) is 0 Å². The van der Waals surface area contributed by atoms with Crippen molar-refractivity contribution in [1.82, 2.24) is 4.90 Å². The minimum Gasteiger partial charge on any atom is -0.478 e. The zero-order chi connectivity index (χ0) is 16.9. The molecule has 0 saturated carbocycles. The summed E-state index contributed by atoms with van der Waals surface area (Å²) in [5.74, 6) is -0.990. The van der Waals surface area contributed by atoms with Crippen LogP contribution >= 0.6 is 0 Å². The monoisotopic (exact) mass is 323 g/mol. The second-order valence-corrected chi connectivity index (χ2v) is 6.10. The topological polar surface area (TPSA) is 57.6 Å². The van der Waals surface area contributed by atoms with Crippen LogP contribution in [0.4, 0.5) is 0 Å². The molecule has 0 unspecified atom stereocenters. The molecule has 4 nitrogen and oxygen atoms in total. The van der Waals surface area contributed by atoms with Gasteiger partial charge < -0.3 is 10.0 Å². The molecule has 0 aromatic heterocycles. The van der Waals surface area contributed by atoms with Gasteiger partial charge in [0.05, 0.1) is 5.56 Å². The summed E-state index contributed by atoms with van der Waals surface area (Å²) in [5.41, 5.74) is 2.07. The van der Waals surface area contributed by atoms with E-state index in [1.165, 1.54) is 0 Å². The molecule has 1 heterocycles. The van der Waals surface area contributed by atoms with Gasteiger partial charge in [0.2, 0.25) is 0 Å². The lowest BCUT2D eigenvalue weighted by Crippen LogP contribution is -2.32. The average Bonchev–Trinajstić information content (AvgIpc) is 2.90. The molecule has 1 amide bonds. The number of carboxylic acid groups (broad SMARTS) is 1. The lowest BCUT2D eigenvalue weighted by atomic mass is 9.94. The third kappa shape index (κ3) is 3.32. The Morgan fingerprint density at radius 2 is 1.25 bits per heavy atom. The van der Waals surface area contributed by atoms with Gasteiger partial charge in [-0.05, 0) is 36.1 Å². The second-order valence-electron chi connectivity index (χ2n) is 6.10. The number of rotatable bonds is 3. The molecule has 1 N–H and O–H groups in total. The van der Waals surface area contributed by atoms with Crippen LogP contribution in [0, 0.1) is 0 Å². The van der Waals surface area contributed by atoms with E-state index in [1.54, 1.807) is 30.3 Å². The summed E-state index contributed by atoms with van der Waals surface area (Å²) in [6.45, 7) is 1.54. The molecule has 1 aliphatic rings. The molecule has 124 valence electrons. The van der Waals surface area contributed by atoms with Crippen molar-refractivity contribution in [2.24, 2.45) is 0 Å². The maximum Gasteiger partial charge on any atom is 0.336 e. The van der Waals surface area contributed by atoms with Crippen LogP contribution in [0.1, 0.15) is 46.4 Å². The van der Waals surface area contributed by atoms with Gasteiger partial charge in [0.1, 0.15) is 0 Å². The van der Waals surface area contributed by atoms with Crippen molar-refractivity contribution in [3.8, 4) is 11.1 Å². The van der Waals surface area contributed by atoms with E-state index >= 15 is 0 Å². The van der Waals surface area contributed by atoms with Gasteiger partial charge in [-0.3, -0.25) is 4.79 Å². The minimum atomic E-state index is -0.984. The van der Waals surface area contributed by atoms with Gasteiger partial charge in [-0.25, -0.2) is 4.79 Å². The van der Waals surface area contributed by atoms with E-state index < -0.39 is 5.97 Å². The molecule has 2 aromatic carbocycles. The van der Waals surface area contributed by atoms with Crippen molar-refractivity contribution >= 4 is 11.9 Å². The van der Waals surface area contributed by atoms with Crippen molar-refractivity contribution in [2.45, 2.75) is 25.7 Å². The molecular weight excluding hydrogens is 302 g/mol. The van der Waals surface area contributed by atoms with E-state index in [0.717, 1.165) is 38.8 Å². The first-order valence-corrected chi connectivity index (χ1v) is 8.39. The van der Waals surface area contributed by atoms with Gasteiger partial charge in [0.25, 0.3) is 5.91 Å². The molecule has 4 heteroatoms. The maximum absolute atomic E-state index is 13.0. The third-order valence-corrected chi connectivity index (χ3v) is 4.50. The Balaban J connectivity index is 2.02. The van der Waals surface area contributed by atoms with Gasteiger partial charge in [-0.2, -0.15) is 0 Å². The number of amides is 1.